The van der Waals surface area contributed by atoms with Crippen LogP contribution in [0.2, 0.25) is 0 Å². The summed E-state index contributed by atoms with van der Waals surface area (Å²) in [5, 5.41) is 9.70. The van der Waals surface area contributed by atoms with Crippen molar-refractivity contribution < 1.29 is 14.2 Å². The molecule has 16 heavy (non-hydrogen) atoms. The average Bonchev–Trinajstić information content (AvgIpc) is 2.25. The maximum absolute atomic E-state index is 13.8. The Bertz CT molecular complexity index is 361. The summed E-state index contributed by atoms with van der Waals surface area (Å²) in [6.45, 7) is 3.01. The summed E-state index contributed by atoms with van der Waals surface area (Å²) in [6.07, 6.45) is -0.836. The van der Waals surface area contributed by atoms with Crippen molar-refractivity contribution in [3.05, 3.63) is 29.3 Å². The Morgan fingerprint density at radius 3 is 2.56 bits per heavy atom. The number of aliphatic hydroxyl groups excluding tert-OH is 1. The van der Waals surface area contributed by atoms with Gasteiger partial charge in [-0.2, -0.15) is 0 Å². The van der Waals surface area contributed by atoms with Gasteiger partial charge in [-0.05, 0) is 31.5 Å². The standard InChI is InChI=1S/C12H18FNO2/c1-12(2,13)8-4-5-11(16-3)9(6-8)10(15)7-14/h4-6,10,15H,7,14H2,1-3H3. The molecular formula is C12H18FNO2. The molecule has 1 atom stereocenters. The van der Waals surface area contributed by atoms with Crippen LogP contribution in [0.25, 0.3) is 0 Å². The Hall–Kier alpha value is -1.13. The SMILES string of the molecule is COc1ccc(C(C)(C)F)cc1C(O)CN. The van der Waals surface area contributed by atoms with Gasteiger partial charge in [0.2, 0.25) is 0 Å². The van der Waals surface area contributed by atoms with Crippen LogP contribution in [0.15, 0.2) is 18.2 Å². The van der Waals surface area contributed by atoms with E-state index in [9.17, 15) is 9.50 Å². The Kier molecular flexibility index (Phi) is 3.88. The highest BCUT2D eigenvalue weighted by molar-refractivity contribution is 5.40. The van der Waals surface area contributed by atoms with Gasteiger partial charge in [-0.15, -0.1) is 0 Å². The van der Waals surface area contributed by atoms with Gasteiger partial charge in [0.1, 0.15) is 11.4 Å². The van der Waals surface area contributed by atoms with Crippen LogP contribution in [-0.2, 0) is 5.67 Å². The van der Waals surface area contributed by atoms with Gasteiger partial charge >= 0.3 is 0 Å². The van der Waals surface area contributed by atoms with E-state index in [0.29, 0.717) is 16.9 Å². The van der Waals surface area contributed by atoms with Crippen molar-refractivity contribution in [2.45, 2.75) is 25.6 Å². The second-order valence-corrected chi connectivity index (χ2v) is 4.18. The van der Waals surface area contributed by atoms with E-state index >= 15 is 0 Å². The molecule has 1 aromatic carbocycles. The highest BCUT2D eigenvalue weighted by atomic mass is 19.1. The molecular weight excluding hydrogens is 209 g/mol. The first-order chi connectivity index (χ1) is 7.40. The first kappa shape index (κ1) is 12.9. The number of rotatable bonds is 4. The van der Waals surface area contributed by atoms with Crippen LogP contribution in [0.4, 0.5) is 4.39 Å². The number of aliphatic hydroxyl groups is 1. The lowest BCUT2D eigenvalue weighted by Crippen LogP contribution is -2.15. The van der Waals surface area contributed by atoms with Gasteiger partial charge in [0.05, 0.1) is 13.2 Å². The fraction of sp³-hybridized carbons (Fsp3) is 0.500. The van der Waals surface area contributed by atoms with Gasteiger partial charge in [0, 0.05) is 12.1 Å². The normalized spacial score (nSPS) is 13.6. The van der Waals surface area contributed by atoms with Gasteiger partial charge in [-0.25, -0.2) is 4.39 Å². The predicted octanol–water partition coefficient (Wildman–Crippen LogP) is 1.89. The van der Waals surface area contributed by atoms with Crippen molar-refractivity contribution in [3.63, 3.8) is 0 Å². The minimum absolute atomic E-state index is 0.0759. The lowest BCUT2D eigenvalue weighted by atomic mass is 9.95. The number of hydrogen-bond acceptors (Lipinski definition) is 3. The zero-order chi connectivity index (χ0) is 12.3. The minimum Gasteiger partial charge on any atom is -0.496 e. The molecule has 0 saturated carbocycles. The molecule has 0 amide bonds. The molecule has 0 aliphatic carbocycles. The van der Waals surface area contributed by atoms with Gasteiger partial charge < -0.3 is 15.6 Å². The molecule has 3 N–H and O–H groups in total. The lowest BCUT2D eigenvalue weighted by Gasteiger charge is -2.19. The fourth-order valence-electron chi connectivity index (χ4n) is 1.49. The largest absolute Gasteiger partial charge is 0.496 e. The zero-order valence-electron chi connectivity index (χ0n) is 9.83. The Morgan fingerprint density at radius 1 is 1.50 bits per heavy atom. The van der Waals surface area contributed by atoms with Crippen molar-refractivity contribution in [1.82, 2.24) is 0 Å². The van der Waals surface area contributed by atoms with E-state index < -0.39 is 11.8 Å². The lowest BCUT2D eigenvalue weighted by molar-refractivity contribution is 0.180. The van der Waals surface area contributed by atoms with Gasteiger partial charge in [-0.1, -0.05) is 6.07 Å². The quantitative estimate of drug-likeness (QED) is 0.826. The first-order valence-electron chi connectivity index (χ1n) is 5.15. The number of benzene rings is 1. The molecule has 0 aliphatic rings. The summed E-state index contributed by atoms with van der Waals surface area (Å²) in [4.78, 5) is 0. The van der Waals surface area contributed by atoms with E-state index in [0.717, 1.165) is 0 Å². The summed E-state index contributed by atoms with van der Waals surface area (Å²) in [6, 6.07) is 4.88. The van der Waals surface area contributed by atoms with E-state index in [1.165, 1.54) is 21.0 Å². The molecule has 3 nitrogen and oxygen atoms in total. The third kappa shape index (κ3) is 2.71. The van der Waals surface area contributed by atoms with Crippen molar-refractivity contribution >= 4 is 0 Å². The molecule has 0 heterocycles. The minimum atomic E-state index is -1.45. The number of methoxy groups -OCH3 is 1. The first-order valence-corrected chi connectivity index (χ1v) is 5.15. The predicted molar refractivity (Wildman–Crippen MR) is 61.1 cm³/mol. The molecule has 0 fully saturated rings. The number of halogens is 1. The third-order valence-electron chi connectivity index (χ3n) is 2.50. The monoisotopic (exact) mass is 227 g/mol. The van der Waals surface area contributed by atoms with Crippen LogP contribution in [0.5, 0.6) is 5.75 Å². The van der Waals surface area contributed by atoms with Crippen LogP contribution in [0, 0.1) is 0 Å². The summed E-state index contributed by atoms with van der Waals surface area (Å²) in [7, 11) is 1.50. The Morgan fingerprint density at radius 2 is 2.12 bits per heavy atom. The second kappa shape index (κ2) is 4.80. The Labute approximate surface area is 95.0 Å². The van der Waals surface area contributed by atoms with Crippen LogP contribution in [0.1, 0.15) is 31.1 Å². The van der Waals surface area contributed by atoms with Crippen LogP contribution in [-0.4, -0.2) is 18.8 Å². The topological polar surface area (TPSA) is 55.5 Å². The molecule has 0 aromatic heterocycles. The number of hydrogen-bond donors (Lipinski definition) is 2. The molecule has 90 valence electrons. The molecule has 1 aromatic rings. The van der Waals surface area contributed by atoms with Crippen molar-refractivity contribution in [1.29, 1.82) is 0 Å². The van der Waals surface area contributed by atoms with Gasteiger partial charge in [-0.3, -0.25) is 0 Å². The molecule has 0 bridgehead atoms. The smallest absolute Gasteiger partial charge is 0.130 e. The summed E-state index contributed by atoms with van der Waals surface area (Å²) >= 11 is 0. The van der Waals surface area contributed by atoms with E-state index in [-0.39, 0.29) is 6.54 Å². The van der Waals surface area contributed by atoms with Crippen LogP contribution >= 0.6 is 0 Å². The number of ether oxygens (including phenoxy) is 1. The van der Waals surface area contributed by atoms with E-state index in [2.05, 4.69) is 0 Å². The fourth-order valence-corrected chi connectivity index (χ4v) is 1.49. The molecule has 1 rings (SSSR count). The van der Waals surface area contributed by atoms with E-state index in [1.54, 1.807) is 18.2 Å². The maximum Gasteiger partial charge on any atom is 0.130 e. The molecule has 1 unspecified atom stereocenters. The molecule has 0 aliphatic heterocycles. The van der Waals surface area contributed by atoms with Crippen molar-refractivity contribution in [3.8, 4) is 5.75 Å². The summed E-state index contributed by atoms with van der Waals surface area (Å²) in [5.41, 5.74) is 4.96. The van der Waals surface area contributed by atoms with Crippen LogP contribution < -0.4 is 10.5 Å². The van der Waals surface area contributed by atoms with Crippen molar-refractivity contribution in [2.75, 3.05) is 13.7 Å². The van der Waals surface area contributed by atoms with Gasteiger partial charge in [0.15, 0.2) is 0 Å². The highest BCUT2D eigenvalue weighted by Gasteiger charge is 2.22. The third-order valence-corrected chi connectivity index (χ3v) is 2.50. The molecule has 0 radical (unpaired) electrons. The van der Waals surface area contributed by atoms with Gasteiger partial charge in [0.25, 0.3) is 0 Å². The molecule has 4 heteroatoms. The highest BCUT2D eigenvalue weighted by Crippen LogP contribution is 2.32. The molecule has 0 saturated heterocycles. The van der Waals surface area contributed by atoms with E-state index in [4.69, 9.17) is 10.5 Å². The zero-order valence-corrected chi connectivity index (χ0v) is 9.83. The van der Waals surface area contributed by atoms with Crippen molar-refractivity contribution in [2.24, 2.45) is 5.73 Å². The summed E-state index contributed by atoms with van der Waals surface area (Å²) < 4.78 is 18.8. The second-order valence-electron chi connectivity index (χ2n) is 4.18. The summed E-state index contributed by atoms with van der Waals surface area (Å²) in [5.74, 6) is 0.519. The van der Waals surface area contributed by atoms with E-state index in [1.807, 2.05) is 0 Å². The number of nitrogens with two attached hydrogens (primary N) is 1. The van der Waals surface area contributed by atoms with Crippen LogP contribution in [0.3, 0.4) is 0 Å². The average molecular weight is 227 g/mol. The molecule has 0 spiro atoms. The number of alkyl halides is 1. The Balaban J connectivity index is 3.21. The maximum atomic E-state index is 13.8.